The number of benzene rings is 1. The van der Waals surface area contributed by atoms with E-state index >= 15 is 0 Å². The van der Waals surface area contributed by atoms with Gasteiger partial charge in [-0.05, 0) is 30.3 Å². The molecule has 1 aromatic carbocycles. The van der Waals surface area contributed by atoms with Crippen molar-refractivity contribution in [3.8, 4) is 0 Å². The number of nitrogens with zero attached hydrogens (tertiary/aromatic N) is 2. The van der Waals surface area contributed by atoms with Gasteiger partial charge in [-0.15, -0.1) is 0 Å². The van der Waals surface area contributed by atoms with Crippen molar-refractivity contribution in [3.05, 3.63) is 53.3 Å². The second-order valence-electron chi connectivity index (χ2n) is 4.98. The fourth-order valence-corrected chi connectivity index (χ4v) is 2.58. The van der Waals surface area contributed by atoms with Crippen molar-refractivity contribution in [2.45, 2.75) is 12.8 Å². The number of aromatic nitrogens is 1. The van der Waals surface area contributed by atoms with E-state index in [1.54, 1.807) is 24.3 Å². The summed E-state index contributed by atoms with van der Waals surface area (Å²) in [4.78, 5) is 40.5. The summed E-state index contributed by atoms with van der Waals surface area (Å²) in [6.07, 6.45) is 3.43. The quantitative estimate of drug-likeness (QED) is 0.878. The lowest BCUT2D eigenvalue weighted by Gasteiger charge is -2.16. The van der Waals surface area contributed by atoms with Gasteiger partial charge in [0.1, 0.15) is 0 Å². The molecule has 6 nitrogen and oxygen atoms in total. The normalized spacial score (nSPS) is 14.2. The molecule has 1 fully saturated rings. The molecular formula is C16H12ClN3O3. The highest BCUT2D eigenvalue weighted by atomic mass is 35.5. The molecule has 0 spiro atoms. The molecule has 116 valence electrons. The Balaban J connectivity index is 1.81. The van der Waals surface area contributed by atoms with E-state index in [1.165, 1.54) is 18.5 Å². The van der Waals surface area contributed by atoms with Gasteiger partial charge in [0.25, 0.3) is 5.91 Å². The number of rotatable bonds is 3. The van der Waals surface area contributed by atoms with Gasteiger partial charge in [0, 0.05) is 36.5 Å². The number of carbonyl (C=O) groups is 3. The number of hydrogen-bond acceptors (Lipinski definition) is 4. The van der Waals surface area contributed by atoms with Crippen LogP contribution in [-0.2, 0) is 9.59 Å². The van der Waals surface area contributed by atoms with Crippen LogP contribution in [0, 0.1) is 0 Å². The van der Waals surface area contributed by atoms with Gasteiger partial charge in [-0.3, -0.25) is 19.4 Å². The Morgan fingerprint density at radius 3 is 2.35 bits per heavy atom. The van der Waals surface area contributed by atoms with Crippen molar-refractivity contribution in [1.29, 1.82) is 0 Å². The molecule has 0 atom stereocenters. The molecule has 0 saturated carbocycles. The Morgan fingerprint density at radius 2 is 1.74 bits per heavy atom. The first-order valence-electron chi connectivity index (χ1n) is 6.93. The smallest absolute Gasteiger partial charge is 0.255 e. The van der Waals surface area contributed by atoms with Crippen molar-refractivity contribution in [1.82, 2.24) is 4.98 Å². The zero-order valence-electron chi connectivity index (χ0n) is 12.0. The number of amides is 3. The summed E-state index contributed by atoms with van der Waals surface area (Å²) in [5.41, 5.74) is 1.27. The van der Waals surface area contributed by atoms with Gasteiger partial charge in [-0.1, -0.05) is 11.6 Å². The highest BCUT2D eigenvalue weighted by Gasteiger charge is 2.31. The van der Waals surface area contributed by atoms with Crippen LogP contribution in [0.3, 0.4) is 0 Å². The molecule has 2 aromatic rings. The monoisotopic (exact) mass is 329 g/mol. The van der Waals surface area contributed by atoms with Crippen LogP contribution in [0.1, 0.15) is 23.2 Å². The highest BCUT2D eigenvalue weighted by molar-refractivity contribution is 6.36. The van der Waals surface area contributed by atoms with Gasteiger partial charge >= 0.3 is 0 Å². The largest absolute Gasteiger partial charge is 0.322 e. The maximum Gasteiger partial charge on any atom is 0.255 e. The van der Waals surface area contributed by atoms with Crippen LogP contribution in [0.5, 0.6) is 0 Å². The van der Waals surface area contributed by atoms with Crippen LogP contribution >= 0.6 is 11.6 Å². The molecule has 3 amide bonds. The van der Waals surface area contributed by atoms with E-state index in [9.17, 15) is 14.4 Å². The Hall–Kier alpha value is -2.73. The van der Waals surface area contributed by atoms with Crippen molar-refractivity contribution < 1.29 is 14.4 Å². The fraction of sp³-hybridized carbons (Fsp3) is 0.125. The molecule has 1 N–H and O–H groups in total. The number of halogens is 1. The van der Waals surface area contributed by atoms with Gasteiger partial charge in [0.15, 0.2) is 0 Å². The Morgan fingerprint density at radius 1 is 1.09 bits per heavy atom. The van der Waals surface area contributed by atoms with Crippen LogP contribution in [0.2, 0.25) is 5.02 Å². The molecule has 1 aliphatic heterocycles. The Bertz CT molecular complexity index is 776. The summed E-state index contributed by atoms with van der Waals surface area (Å²) < 4.78 is 0. The average molecular weight is 330 g/mol. The Kier molecular flexibility index (Phi) is 4.08. The summed E-state index contributed by atoms with van der Waals surface area (Å²) in [6, 6.07) is 7.83. The number of imide groups is 1. The minimum atomic E-state index is -0.301. The van der Waals surface area contributed by atoms with E-state index < -0.39 is 0 Å². The zero-order valence-corrected chi connectivity index (χ0v) is 12.7. The molecule has 0 bridgehead atoms. The molecule has 1 aliphatic rings. The average Bonchev–Trinajstić information content (AvgIpc) is 2.88. The summed E-state index contributed by atoms with van der Waals surface area (Å²) in [7, 11) is 0. The second kappa shape index (κ2) is 6.18. The molecule has 1 saturated heterocycles. The first kappa shape index (κ1) is 15.2. The lowest BCUT2D eigenvalue weighted by Crippen LogP contribution is -2.28. The van der Waals surface area contributed by atoms with Crippen molar-refractivity contribution in [3.63, 3.8) is 0 Å². The lowest BCUT2D eigenvalue weighted by atomic mass is 10.2. The van der Waals surface area contributed by atoms with E-state index in [1.807, 2.05) is 0 Å². The first-order chi connectivity index (χ1) is 11.1. The highest BCUT2D eigenvalue weighted by Crippen LogP contribution is 2.32. The van der Waals surface area contributed by atoms with Crippen LogP contribution in [-0.4, -0.2) is 22.7 Å². The van der Waals surface area contributed by atoms with E-state index in [0.29, 0.717) is 16.9 Å². The lowest BCUT2D eigenvalue weighted by molar-refractivity contribution is -0.121. The summed E-state index contributed by atoms with van der Waals surface area (Å²) >= 11 is 6.16. The summed E-state index contributed by atoms with van der Waals surface area (Å²) in [5, 5.41) is 2.92. The van der Waals surface area contributed by atoms with Gasteiger partial charge in [-0.25, -0.2) is 4.90 Å². The Labute approximate surface area is 137 Å². The first-order valence-corrected chi connectivity index (χ1v) is 7.31. The molecule has 0 aliphatic carbocycles. The van der Waals surface area contributed by atoms with Crippen LogP contribution in [0.15, 0.2) is 42.7 Å². The van der Waals surface area contributed by atoms with Crippen molar-refractivity contribution in [2.24, 2.45) is 0 Å². The van der Waals surface area contributed by atoms with E-state index in [-0.39, 0.29) is 35.6 Å². The van der Waals surface area contributed by atoms with Gasteiger partial charge < -0.3 is 5.32 Å². The molecule has 0 radical (unpaired) electrons. The maximum absolute atomic E-state index is 12.1. The van der Waals surface area contributed by atoms with Gasteiger partial charge in [-0.2, -0.15) is 0 Å². The molecule has 7 heteroatoms. The fourth-order valence-electron chi connectivity index (χ4n) is 2.32. The number of hydrogen-bond donors (Lipinski definition) is 1. The third-order valence-corrected chi connectivity index (χ3v) is 3.74. The number of anilines is 2. The number of nitrogens with one attached hydrogen (secondary N) is 1. The van der Waals surface area contributed by atoms with Crippen LogP contribution in [0.4, 0.5) is 11.4 Å². The minimum Gasteiger partial charge on any atom is -0.322 e. The third-order valence-electron chi connectivity index (χ3n) is 3.44. The molecular weight excluding hydrogens is 318 g/mol. The van der Waals surface area contributed by atoms with Crippen LogP contribution < -0.4 is 10.2 Å². The predicted octanol–water partition coefficient (Wildman–Crippen LogP) is 2.64. The summed E-state index contributed by atoms with van der Waals surface area (Å²) in [5.74, 6) is -0.847. The van der Waals surface area contributed by atoms with Crippen molar-refractivity contribution >= 4 is 40.7 Å². The maximum atomic E-state index is 12.1. The summed E-state index contributed by atoms with van der Waals surface area (Å²) in [6.45, 7) is 0. The number of carbonyl (C=O) groups excluding carboxylic acids is 3. The van der Waals surface area contributed by atoms with Crippen molar-refractivity contribution in [2.75, 3.05) is 10.2 Å². The molecule has 0 unspecified atom stereocenters. The molecule has 1 aromatic heterocycles. The predicted molar refractivity (Wildman–Crippen MR) is 85.4 cm³/mol. The number of pyridine rings is 1. The topological polar surface area (TPSA) is 79.4 Å². The van der Waals surface area contributed by atoms with E-state index in [2.05, 4.69) is 10.3 Å². The molecule has 3 rings (SSSR count). The second-order valence-corrected chi connectivity index (χ2v) is 5.39. The van der Waals surface area contributed by atoms with Crippen LogP contribution in [0.25, 0.3) is 0 Å². The van der Waals surface area contributed by atoms with E-state index in [0.717, 1.165) is 4.90 Å². The van der Waals surface area contributed by atoms with Gasteiger partial charge in [0.2, 0.25) is 11.8 Å². The standard InChI is InChI=1S/C16H12ClN3O3/c17-12-9-11(19-16(23)10-5-7-18-8-6-10)1-2-13(12)20-14(21)3-4-15(20)22/h1-2,5-9H,3-4H2,(H,19,23). The van der Waals surface area contributed by atoms with E-state index in [4.69, 9.17) is 11.6 Å². The molecule has 23 heavy (non-hydrogen) atoms. The minimum absolute atomic E-state index is 0.190. The SMILES string of the molecule is O=C(Nc1ccc(N2C(=O)CCC2=O)c(Cl)c1)c1ccncc1. The third kappa shape index (κ3) is 3.07. The van der Waals surface area contributed by atoms with Gasteiger partial charge in [0.05, 0.1) is 10.7 Å². The zero-order chi connectivity index (χ0) is 16.4. The molecule has 2 heterocycles.